The Morgan fingerprint density at radius 2 is 1.71 bits per heavy atom. The Balaban J connectivity index is 1.68. The van der Waals surface area contributed by atoms with Gasteiger partial charge in [0.2, 0.25) is 0 Å². The van der Waals surface area contributed by atoms with Crippen molar-refractivity contribution in [3.63, 3.8) is 0 Å². The first-order valence-corrected chi connectivity index (χ1v) is 11.8. The Labute approximate surface area is 198 Å². The molecule has 0 aliphatic carbocycles. The van der Waals surface area contributed by atoms with Crippen molar-refractivity contribution in [1.82, 2.24) is 14.1 Å². The number of hydrogen-bond acceptors (Lipinski definition) is 4. The number of para-hydroxylation sites is 1. The van der Waals surface area contributed by atoms with Crippen molar-refractivity contribution in [2.45, 2.75) is 33.4 Å². The lowest BCUT2D eigenvalue weighted by atomic mass is 10.1. The first-order valence-electron chi connectivity index (χ1n) is 11.8. The van der Waals surface area contributed by atoms with Gasteiger partial charge in [-0.3, -0.25) is 0 Å². The van der Waals surface area contributed by atoms with Crippen LogP contribution < -0.4 is 0 Å². The highest BCUT2D eigenvalue weighted by atomic mass is 16.5. The van der Waals surface area contributed by atoms with Crippen LogP contribution in [0.25, 0.3) is 44.2 Å². The predicted octanol–water partition coefficient (Wildman–Crippen LogP) is 6.04. The molecule has 0 bridgehead atoms. The normalized spacial score (nSPS) is 11.6. The Morgan fingerprint density at radius 3 is 2.50 bits per heavy atom. The van der Waals surface area contributed by atoms with Gasteiger partial charge in [-0.15, -0.1) is 0 Å². The molecule has 0 saturated heterocycles. The summed E-state index contributed by atoms with van der Waals surface area (Å²) < 4.78 is 15.1. The summed E-state index contributed by atoms with van der Waals surface area (Å²) in [5.41, 5.74) is 5.81. The quantitative estimate of drug-likeness (QED) is 0.211. The highest BCUT2D eigenvalue weighted by Crippen LogP contribution is 2.34. The maximum absolute atomic E-state index is 12.3. The van der Waals surface area contributed by atoms with Crippen molar-refractivity contribution in [2.75, 3.05) is 20.3 Å². The van der Waals surface area contributed by atoms with E-state index in [9.17, 15) is 4.79 Å². The topological polar surface area (TPSA) is 58.3 Å². The number of carbonyl (C=O) groups excluding carboxylic acids is 1. The summed E-state index contributed by atoms with van der Waals surface area (Å²) in [5.74, 6) is 0.566. The van der Waals surface area contributed by atoms with Crippen LogP contribution in [0.2, 0.25) is 0 Å². The fourth-order valence-corrected chi connectivity index (χ4v) is 4.82. The van der Waals surface area contributed by atoms with Crippen LogP contribution in [0.5, 0.6) is 0 Å². The maximum atomic E-state index is 12.3. The van der Waals surface area contributed by atoms with Gasteiger partial charge in [-0.2, -0.15) is 0 Å². The van der Waals surface area contributed by atoms with E-state index in [1.165, 1.54) is 21.8 Å². The van der Waals surface area contributed by atoms with Gasteiger partial charge in [-0.25, -0.2) is 9.78 Å². The van der Waals surface area contributed by atoms with E-state index in [0.717, 1.165) is 41.9 Å². The highest BCUT2D eigenvalue weighted by Gasteiger charge is 2.17. The summed E-state index contributed by atoms with van der Waals surface area (Å²) in [6.45, 7) is 6.69. The van der Waals surface area contributed by atoms with Gasteiger partial charge in [0.15, 0.2) is 0 Å². The molecule has 0 aliphatic rings. The third-order valence-corrected chi connectivity index (χ3v) is 6.34. The lowest BCUT2D eigenvalue weighted by Crippen LogP contribution is -2.05. The molecule has 2 aromatic heterocycles. The van der Waals surface area contributed by atoms with E-state index >= 15 is 0 Å². The van der Waals surface area contributed by atoms with Crippen LogP contribution in [-0.2, 0) is 22.6 Å². The van der Waals surface area contributed by atoms with Crippen LogP contribution in [-0.4, -0.2) is 40.4 Å². The van der Waals surface area contributed by atoms with Crippen molar-refractivity contribution in [1.29, 1.82) is 0 Å². The highest BCUT2D eigenvalue weighted by molar-refractivity contribution is 6.09. The van der Waals surface area contributed by atoms with E-state index in [0.29, 0.717) is 18.8 Å². The zero-order valence-electron chi connectivity index (χ0n) is 19.9. The Morgan fingerprint density at radius 1 is 0.912 bits per heavy atom. The summed E-state index contributed by atoms with van der Waals surface area (Å²) in [6, 6.07) is 20.7. The summed E-state index contributed by atoms with van der Waals surface area (Å²) in [4.78, 5) is 17.3. The Kier molecular flexibility index (Phi) is 6.07. The molecule has 6 nitrogen and oxygen atoms in total. The van der Waals surface area contributed by atoms with Gasteiger partial charge < -0.3 is 18.6 Å². The first-order chi connectivity index (χ1) is 16.7. The summed E-state index contributed by atoms with van der Waals surface area (Å²) in [7, 11) is 1.72. The SMILES string of the molecule is CCOC(=O)c1ccc2c(c1)nc(-c1ccc3c(c1)c1ccccc1n3CC)n2CCCOC. The largest absolute Gasteiger partial charge is 0.462 e. The van der Waals surface area contributed by atoms with Gasteiger partial charge in [0, 0.05) is 54.2 Å². The standard InChI is InChI=1S/C28H29N3O3/c1-4-30-24-10-7-6-9-21(24)22-17-19(11-13-25(22)30)27-29-23-18-20(28(32)34-5-2)12-14-26(23)31(27)15-8-16-33-3/h6-7,9-14,17-18H,4-5,8,15-16H2,1-3H3. The van der Waals surface area contributed by atoms with Crippen molar-refractivity contribution in [3.8, 4) is 11.4 Å². The number of ether oxygens (including phenoxy) is 2. The molecule has 174 valence electrons. The number of carbonyl (C=O) groups is 1. The Hall–Kier alpha value is -3.64. The predicted molar refractivity (Wildman–Crippen MR) is 136 cm³/mol. The molecule has 5 aromatic rings. The van der Waals surface area contributed by atoms with Gasteiger partial charge in [0.1, 0.15) is 5.82 Å². The Bertz CT molecular complexity index is 1500. The van der Waals surface area contributed by atoms with Crippen LogP contribution in [0, 0.1) is 0 Å². The zero-order valence-corrected chi connectivity index (χ0v) is 19.9. The number of hydrogen-bond donors (Lipinski definition) is 0. The first kappa shape index (κ1) is 22.2. The number of esters is 1. The van der Waals surface area contributed by atoms with Crippen LogP contribution >= 0.6 is 0 Å². The number of benzene rings is 3. The number of aryl methyl sites for hydroxylation is 2. The smallest absolute Gasteiger partial charge is 0.338 e. The maximum Gasteiger partial charge on any atom is 0.338 e. The number of aromatic nitrogens is 3. The number of nitrogens with zero attached hydrogens (tertiary/aromatic N) is 3. The van der Waals surface area contributed by atoms with E-state index in [-0.39, 0.29) is 5.97 Å². The third-order valence-electron chi connectivity index (χ3n) is 6.34. The minimum atomic E-state index is -0.325. The van der Waals surface area contributed by atoms with E-state index in [1.807, 2.05) is 25.1 Å². The summed E-state index contributed by atoms with van der Waals surface area (Å²) >= 11 is 0. The zero-order chi connectivity index (χ0) is 23.7. The lowest BCUT2D eigenvalue weighted by Gasteiger charge is -2.10. The van der Waals surface area contributed by atoms with Gasteiger partial charge in [0.25, 0.3) is 0 Å². The fourth-order valence-electron chi connectivity index (χ4n) is 4.82. The average Bonchev–Trinajstić information content (AvgIpc) is 3.39. The molecule has 0 aliphatic heterocycles. The second-order valence-electron chi connectivity index (χ2n) is 8.35. The van der Waals surface area contributed by atoms with Crippen molar-refractivity contribution < 1.29 is 14.3 Å². The van der Waals surface area contributed by atoms with Crippen LogP contribution in [0.15, 0.2) is 60.7 Å². The van der Waals surface area contributed by atoms with E-state index < -0.39 is 0 Å². The molecule has 0 amide bonds. The van der Waals surface area contributed by atoms with Crippen LogP contribution in [0.3, 0.4) is 0 Å². The summed E-state index contributed by atoms with van der Waals surface area (Å²) in [6.07, 6.45) is 0.867. The molecular weight excluding hydrogens is 426 g/mol. The monoisotopic (exact) mass is 455 g/mol. The van der Waals surface area contributed by atoms with Crippen molar-refractivity contribution >= 4 is 38.8 Å². The van der Waals surface area contributed by atoms with Gasteiger partial charge in [-0.05, 0) is 62.7 Å². The molecule has 0 N–H and O–H groups in total. The molecule has 2 heterocycles. The molecule has 5 rings (SSSR count). The van der Waals surface area contributed by atoms with E-state index in [4.69, 9.17) is 14.5 Å². The van der Waals surface area contributed by atoms with Gasteiger partial charge in [-0.1, -0.05) is 18.2 Å². The molecule has 6 heteroatoms. The average molecular weight is 456 g/mol. The summed E-state index contributed by atoms with van der Waals surface area (Å²) in [5, 5.41) is 2.46. The third kappa shape index (κ3) is 3.74. The van der Waals surface area contributed by atoms with Crippen molar-refractivity contribution in [2.24, 2.45) is 0 Å². The number of methoxy groups -OCH3 is 1. The van der Waals surface area contributed by atoms with E-state index in [1.54, 1.807) is 7.11 Å². The second-order valence-corrected chi connectivity index (χ2v) is 8.35. The minimum absolute atomic E-state index is 0.325. The molecular formula is C28H29N3O3. The van der Waals surface area contributed by atoms with Crippen molar-refractivity contribution in [3.05, 3.63) is 66.2 Å². The van der Waals surface area contributed by atoms with Crippen LogP contribution in [0.1, 0.15) is 30.6 Å². The molecule has 0 radical (unpaired) electrons. The van der Waals surface area contributed by atoms with Crippen LogP contribution in [0.4, 0.5) is 0 Å². The molecule has 0 spiro atoms. The molecule has 0 atom stereocenters. The molecule has 34 heavy (non-hydrogen) atoms. The molecule has 0 saturated carbocycles. The van der Waals surface area contributed by atoms with Gasteiger partial charge >= 0.3 is 5.97 Å². The minimum Gasteiger partial charge on any atom is -0.462 e. The second kappa shape index (κ2) is 9.31. The van der Waals surface area contributed by atoms with Gasteiger partial charge in [0.05, 0.1) is 23.2 Å². The fraction of sp³-hybridized carbons (Fsp3) is 0.286. The van der Waals surface area contributed by atoms with E-state index in [2.05, 4.69) is 58.5 Å². The number of rotatable bonds is 8. The number of fused-ring (bicyclic) bond motifs is 4. The molecule has 0 fully saturated rings. The molecule has 3 aromatic carbocycles. The number of imidazole rings is 1. The lowest BCUT2D eigenvalue weighted by molar-refractivity contribution is 0.0526. The molecule has 0 unspecified atom stereocenters.